The molecular weight excluding hydrogens is 180 g/mol. The average molecular weight is 192 g/mol. The van der Waals surface area contributed by atoms with Crippen molar-refractivity contribution in [1.29, 1.82) is 0 Å². The highest BCUT2D eigenvalue weighted by Gasteiger charge is 2.10. The first-order chi connectivity index (χ1) is 6.66. The quantitative estimate of drug-likeness (QED) is 0.706. The fraction of sp³-hybridized carbons (Fsp3) is 0.200. The van der Waals surface area contributed by atoms with Crippen LogP contribution in [0.25, 0.3) is 5.70 Å². The second-order valence-corrected chi connectivity index (χ2v) is 2.79. The minimum Gasteiger partial charge on any atom is -0.478 e. The summed E-state index contributed by atoms with van der Waals surface area (Å²) in [6, 6.07) is 3.46. The molecule has 1 aromatic heterocycles. The van der Waals surface area contributed by atoms with Gasteiger partial charge in [-0.3, -0.25) is 4.98 Å². The number of rotatable bonds is 3. The van der Waals surface area contributed by atoms with E-state index in [1.54, 1.807) is 31.5 Å². The van der Waals surface area contributed by atoms with E-state index in [1.165, 1.54) is 0 Å². The van der Waals surface area contributed by atoms with Crippen LogP contribution >= 0.6 is 0 Å². The molecule has 0 aliphatic carbocycles. The van der Waals surface area contributed by atoms with E-state index in [9.17, 15) is 4.79 Å². The van der Waals surface area contributed by atoms with Crippen molar-refractivity contribution in [2.75, 3.05) is 0 Å². The van der Waals surface area contributed by atoms with Gasteiger partial charge < -0.3 is 10.8 Å². The average Bonchev–Trinajstić information content (AvgIpc) is 2.19. The van der Waals surface area contributed by atoms with E-state index in [2.05, 4.69) is 4.98 Å². The summed E-state index contributed by atoms with van der Waals surface area (Å²) in [4.78, 5) is 14.7. The van der Waals surface area contributed by atoms with E-state index in [0.29, 0.717) is 12.0 Å². The molecule has 0 saturated heterocycles. The van der Waals surface area contributed by atoms with Crippen molar-refractivity contribution in [2.24, 2.45) is 5.73 Å². The number of hydrogen-bond acceptors (Lipinski definition) is 3. The number of aromatic nitrogens is 1. The molecule has 0 saturated carbocycles. The number of pyridine rings is 1. The first kappa shape index (κ1) is 10.2. The SMILES string of the molecule is CCC(C(=O)O)=C(N)c1cccnc1. The van der Waals surface area contributed by atoms with E-state index in [0.717, 1.165) is 0 Å². The topological polar surface area (TPSA) is 76.2 Å². The van der Waals surface area contributed by atoms with Gasteiger partial charge in [-0.2, -0.15) is 0 Å². The third-order valence-electron chi connectivity index (χ3n) is 1.91. The summed E-state index contributed by atoms with van der Waals surface area (Å²) >= 11 is 0. The minimum absolute atomic E-state index is 0.220. The van der Waals surface area contributed by atoms with E-state index in [4.69, 9.17) is 10.8 Å². The molecule has 4 heteroatoms. The Kier molecular flexibility index (Phi) is 3.23. The van der Waals surface area contributed by atoms with Gasteiger partial charge in [0.25, 0.3) is 0 Å². The molecule has 4 nitrogen and oxygen atoms in total. The fourth-order valence-electron chi connectivity index (χ4n) is 1.15. The summed E-state index contributed by atoms with van der Waals surface area (Å²) in [5.41, 5.74) is 6.86. The molecule has 3 N–H and O–H groups in total. The summed E-state index contributed by atoms with van der Waals surface area (Å²) in [6.07, 6.45) is 3.56. The lowest BCUT2D eigenvalue weighted by molar-refractivity contribution is -0.132. The zero-order chi connectivity index (χ0) is 10.6. The van der Waals surface area contributed by atoms with Gasteiger partial charge in [0.15, 0.2) is 0 Å². The normalized spacial score (nSPS) is 12.1. The number of hydrogen-bond donors (Lipinski definition) is 2. The largest absolute Gasteiger partial charge is 0.478 e. The third-order valence-corrected chi connectivity index (χ3v) is 1.91. The molecule has 0 aromatic carbocycles. The molecule has 0 bridgehead atoms. The molecule has 0 aliphatic heterocycles. The van der Waals surface area contributed by atoms with Crippen molar-refractivity contribution in [2.45, 2.75) is 13.3 Å². The summed E-state index contributed by atoms with van der Waals surface area (Å²) in [7, 11) is 0. The van der Waals surface area contributed by atoms with Gasteiger partial charge in [-0.1, -0.05) is 6.92 Å². The predicted octanol–water partition coefficient (Wildman–Crippen LogP) is 1.25. The van der Waals surface area contributed by atoms with Gasteiger partial charge in [-0.15, -0.1) is 0 Å². The third kappa shape index (κ3) is 2.10. The first-order valence-corrected chi connectivity index (χ1v) is 4.29. The van der Waals surface area contributed by atoms with Crippen molar-refractivity contribution in [3.05, 3.63) is 35.7 Å². The van der Waals surface area contributed by atoms with Gasteiger partial charge in [0.1, 0.15) is 0 Å². The number of carboxylic acids is 1. The van der Waals surface area contributed by atoms with Crippen LogP contribution in [0.15, 0.2) is 30.1 Å². The molecule has 14 heavy (non-hydrogen) atoms. The van der Waals surface area contributed by atoms with Crippen molar-refractivity contribution >= 4 is 11.7 Å². The smallest absolute Gasteiger partial charge is 0.333 e. The number of carbonyl (C=O) groups is 1. The van der Waals surface area contributed by atoms with Crippen LogP contribution in [0.1, 0.15) is 18.9 Å². The van der Waals surface area contributed by atoms with Crippen molar-refractivity contribution in [3.8, 4) is 0 Å². The van der Waals surface area contributed by atoms with Gasteiger partial charge >= 0.3 is 5.97 Å². The van der Waals surface area contributed by atoms with E-state index < -0.39 is 5.97 Å². The highest BCUT2D eigenvalue weighted by atomic mass is 16.4. The summed E-state index contributed by atoms with van der Waals surface area (Å²) in [5.74, 6) is -0.978. The standard InChI is InChI=1S/C10H12N2O2/c1-2-8(10(13)14)9(11)7-4-3-5-12-6-7/h3-6H,2,11H2,1H3,(H,13,14). The molecule has 0 spiro atoms. The summed E-state index contributed by atoms with van der Waals surface area (Å²) in [5, 5.41) is 8.85. The van der Waals surface area contributed by atoms with E-state index in [-0.39, 0.29) is 11.3 Å². The monoisotopic (exact) mass is 192 g/mol. The molecule has 1 heterocycles. The molecule has 0 unspecified atom stereocenters. The van der Waals surface area contributed by atoms with E-state index in [1.807, 2.05) is 0 Å². The number of aliphatic carboxylic acids is 1. The Bertz CT molecular complexity index is 358. The van der Waals surface area contributed by atoms with Gasteiger partial charge in [0.05, 0.1) is 11.3 Å². The van der Waals surface area contributed by atoms with Gasteiger partial charge in [-0.05, 0) is 18.6 Å². The highest BCUT2D eigenvalue weighted by Crippen LogP contribution is 2.14. The Hall–Kier alpha value is -1.84. The van der Waals surface area contributed by atoms with Crippen molar-refractivity contribution < 1.29 is 9.90 Å². The van der Waals surface area contributed by atoms with Crippen LogP contribution in [-0.2, 0) is 4.79 Å². The minimum atomic E-state index is -0.978. The molecule has 0 fully saturated rings. The Morgan fingerprint density at radius 3 is 2.79 bits per heavy atom. The Morgan fingerprint density at radius 1 is 1.64 bits per heavy atom. The molecule has 0 aliphatic rings. The van der Waals surface area contributed by atoms with Crippen LogP contribution in [0.5, 0.6) is 0 Å². The lowest BCUT2D eigenvalue weighted by Crippen LogP contribution is -2.09. The number of nitrogens with two attached hydrogens (primary N) is 1. The molecule has 74 valence electrons. The van der Waals surface area contributed by atoms with Crippen molar-refractivity contribution in [3.63, 3.8) is 0 Å². The molecule has 0 radical (unpaired) electrons. The molecule has 1 rings (SSSR count). The zero-order valence-corrected chi connectivity index (χ0v) is 7.90. The maximum Gasteiger partial charge on any atom is 0.333 e. The maximum absolute atomic E-state index is 10.8. The zero-order valence-electron chi connectivity index (χ0n) is 7.90. The second kappa shape index (κ2) is 4.41. The van der Waals surface area contributed by atoms with E-state index >= 15 is 0 Å². The molecular formula is C10H12N2O2. The first-order valence-electron chi connectivity index (χ1n) is 4.29. The molecule has 1 aromatic rings. The van der Waals surface area contributed by atoms with Crippen molar-refractivity contribution in [1.82, 2.24) is 4.98 Å². The molecule has 0 amide bonds. The Morgan fingerprint density at radius 2 is 2.36 bits per heavy atom. The summed E-state index contributed by atoms with van der Waals surface area (Å²) in [6.45, 7) is 1.76. The number of nitrogens with zero attached hydrogens (tertiary/aromatic N) is 1. The Balaban J connectivity index is 3.15. The van der Waals surface area contributed by atoms with Gasteiger partial charge in [-0.25, -0.2) is 4.79 Å². The lowest BCUT2D eigenvalue weighted by Gasteiger charge is -2.05. The summed E-state index contributed by atoms with van der Waals surface area (Å²) < 4.78 is 0. The number of carboxylic acid groups (broad SMARTS) is 1. The fourth-order valence-corrected chi connectivity index (χ4v) is 1.15. The lowest BCUT2D eigenvalue weighted by atomic mass is 10.1. The van der Waals surface area contributed by atoms with Crippen LogP contribution < -0.4 is 5.73 Å². The van der Waals surface area contributed by atoms with Crippen LogP contribution in [0.4, 0.5) is 0 Å². The van der Waals surface area contributed by atoms with Crippen LogP contribution in [0.3, 0.4) is 0 Å². The van der Waals surface area contributed by atoms with Gasteiger partial charge in [0, 0.05) is 18.0 Å². The van der Waals surface area contributed by atoms with Crippen LogP contribution in [-0.4, -0.2) is 16.1 Å². The van der Waals surface area contributed by atoms with Crippen LogP contribution in [0, 0.1) is 0 Å². The second-order valence-electron chi connectivity index (χ2n) is 2.79. The Labute approximate surface area is 82.1 Å². The maximum atomic E-state index is 10.8. The van der Waals surface area contributed by atoms with Gasteiger partial charge in [0.2, 0.25) is 0 Å². The van der Waals surface area contributed by atoms with Crippen LogP contribution in [0.2, 0.25) is 0 Å². The molecule has 0 atom stereocenters. The highest BCUT2D eigenvalue weighted by molar-refractivity contribution is 5.95. The predicted molar refractivity (Wildman–Crippen MR) is 53.3 cm³/mol.